The summed E-state index contributed by atoms with van der Waals surface area (Å²) in [6, 6.07) is 0.308. The van der Waals surface area contributed by atoms with Crippen LogP contribution in [0, 0.1) is 23.7 Å². The molecule has 4 atom stereocenters. The fourth-order valence-corrected chi connectivity index (χ4v) is 4.94. The van der Waals surface area contributed by atoms with Gasteiger partial charge < -0.3 is 15.0 Å². The van der Waals surface area contributed by atoms with Gasteiger partial charge in [-0.1, -0.05) is 27.2 Å². The largest absolute Gasteiger partial charge is 0.444 e. The summed E-state index contributed by atoms with van der Waals surface area (Å²) in [6.45, 7) is 15.6. The Labute approximate surface area is 155 Å². The zero-order chi connectivity index (χ0) is 18.6. The van der Waals surface area contributed by atoms with E-state index in [4.69, 9.17) is 4.74 Å². The van der Waals surface area contributed by atoms with Crippen molar-refractivity contribution < 1.29 is 9.53 Å². The number of rotatable bonds is 5. The van der Waals surface area contributed by atoms with E-state index >= 15 is 0 Å². The summed E-state index contributed by atoms with van der Waals surface area (Å²) in [6.07, 6.45) is 6.07. The van der Waals surface area contributed by atoms with Crippen molar-refractivity contribution in [1.82, 2.24) is 10.2 Å². The molecule has 146 valence electrons. The quantitative estimate of drug-likeness (QED) is 0.781. The first-order chi connectivity index (χ1) is 11.7. The van der Waals surface area contributed by atoms with Crippen molar-refractivity contribution in [3.05, 3.63) is 0 Å². The highest BCUT2D eigenvalue weighted by molar-refractivity contribution is 5.68. The van der Waals surface area contributed by atoms with Gasteiger partial charge in [0.1, 0.15) is 5.60 Å². The molecule has 1 saturated heterocycles. The maximum absolute atomic E-state index is 13.0. The third-order valence-corrected chi connectivity index (χ3v) is 5.83. The summed E-state index contributed by atoms with van der Waals surface area (Å²) >= 11 is 0. The first kappa shape index (κ1) is 20.5. The van der Waals surface area contributed by atoms with Crippen molar-refractivity contribution in [2.75, 3.05) is 19.6 Å². The van der Waals surface area contributed by atoms with Gasteiger partial charge in [0.15, 0.2) is 0 Å². The molecular weight excluding hydrogens is 312 g/mol. The third kappa shape index (κ3) is 5.60. The van der Waals surface area contributed by atoms with Gasteiger partial charge in [-0.15, -0.1) is 0 Å². The maximum atomic E-state index is 13.0. The summed E-state index contributed by atoms with van der Waals surface area (Å²) < 4.78 is 5.79. The van der Waals surface area contributed by atoms with Crippen LogP contribution in [-0.4, -0.2) is 42.3 Å². The smallest absolute Gasteiger partial charge is 0.410 e. The van der Waals surface area contributed by atoms with E-state index in [1.807, 2.05) is 20.8 Å². The number of hydrogen-bond donors (Lipinski definition) is 1. The van der Waals surface area contributed by atoms with Gasteiger partial charge >= 0.3 is 6.09 Å². The molecule has 0 spiro atoms. The number of hydrogen-bond acceptors (Lipinski definition) is 3. The first-order valence-electron chi connectivity index (χ1n) is 10.4. The summed E-state index contributed by atoms with van der Waals surface area (Å²) in [5, 5.41) is 3.57. The van der Waals surface area contributed by atoms with Gasteiger partial charge in [0.25, 0.3) is 0 Å². The number of carbonyl (C=O) groups is 1. The summed E-state index contributed by atoms with van der Waals surface area (Å²) in [5.74, 6) is 2.63. The van der Waals surface area contributed by atoms with Gasteiger partial charge in [-0.2, -0.15) is 0 Å². The van der Waals surface area contributed by atoms with E-state index in [0.717, 1.165) is 37.9 Å². The Morgan fingerprint density at radius 3 is 2.56 bits per heavy atom. The van der Waals surface area contributed by atoms with E-state index in [1.165, 1.54) is 25.7 Å². The van der Waals surface area contributed by atoms with Crippen LogP contribution in [0.15, 0.2) is 0 Å². The van der Waals surface area contributed by atoms with Gasteiger partial charge in [0.2, 0.25) is 0 Å². The lowest BCUT2D eigenvalue weighted by atomic mass is 9.66. The molecule has 2 rings (SSSR count). The predicted octanol–water partition coefficient (Wildman–Crippen LogP) is 4.68. The molecule has 1 aliphatic carbocycles. The van der Waals surface area contributed by atoms with Crippen LogP contribution in [0.4, 0.5) is 4.79 Å². The number of piperidine rings is 1. The topological polar surface area (TPSA) is 41.6 Å². The standard InChI is InChI=1S/C21H40N2O2/c1-7-19(18-10-8-9-16-13-22-12-11-17(16)18)23(14-15(2)3)20(24)25-21(4,5)6/h15-19,22H,7-14H2,1-6H3. The molecule has 0 radical (unpaired) electrons. The average molecular weight is 353 g/mol. The molecule has 1 aliphatic heterocycles. The van der Waals surface area contributed by atoms with E-state index in [-0.39, 0.29) is 6.09 Å². The number of ether oxygens (including phenoxy) is 1. The highest BCUT2D eigenvalue weighted by Crippen LogP contribution is 2.42. The molecule has 2 fully saturated rings. The first-order valence-corrected chi connectivity index (χ1v) is 10.4. The van der Waals surface area contributed by atoms with E-state index in [0.29, 0.717) is 17.9 Å². The van der Waals surface area contributed by atoms with Crippen molar-refractivity contribution in [3.8, 4) is 0 Å². The van der Waals surface area contributed by atoms with Crippen molar-refractivity contribution in [1.29, 1.82) is 0 Å². The highest BCUT2D eigenvalue weighted by Gasteiger charge is 2.42. The van der Waals surface area contributed by atoms with Gasteiger partial charge in [0.05, 0.1) is 0 Å². The molecule has 25 heavy (non-hydrogen) atoms. The van der Waals surface area contributed by atoms with Crippen molar-refractivity contribution >= 4 is 6.09 Å². The van der Waals surface area contributed by atoms with Crippen molar-refractivity contribution in [3.63, 3.8) is 0 Å². The molecule has 0 aromatic carbocycles. The minimum absolute atomic E-state index is 0.121. The Balaban J connectivity index is 2.20. The minimum atomic E-state index is -0.436. The van der Waals surface area contributed by atoms with Crippen LogP contribution in [0.2, 0.25) is 0 Å². The zero-order valence-electron chi connectivity index (χ0n) is 17.3. The lowest BCUT2D eigenvalue weighted by Gasteiger charge is -2.48. The normalized spacial score (nSPS) is 28.4. The van der Waals surface area contributed by atoms with Crippen LogP contribution < -0.4 is 5.32 Å². The second kappa shape index (κ2) is 8.75. The molecule has 0 aromatic heterocycles. The lowest BCUT2D eigenvalue weighted by Crippen LogP contribution is -2.53. The summed E-state index contributed by atoms with van der Waals surface area (Å²) in [4.78, 5) is 15.1. The lowest BCUT2D eigenvalue weighted by molar-refractivity contribution is -0.0128. The van der Waals surface area contributed by atoms with Crippen LogP contribution in [0.1, 0.15) is 73.6 Å². The number of fused-ring (bicyclic) bond motifs is 1. The van der Waals surface area contributed by atoms with E-state index in [9.17, 15) is 4.79 Å². The predicted molar refractivity (Wildman–Crippen MR) is 104 cm³/mol. The van der Waals surface area contributed by atoms with Crippen LogP contribution in [-0.2, 0) is 4.74 Å². The molecule has 4 nitrogen and oxygen atoms in total. The molecule has 0 aromatic rings. The molecule has 1 saturated carbocycles. The Bertz CT molecular complexity index is 428. The van der Waals surface area contributed by atoms with Crippen molar-refractivity contribution in [2.45, 2.75) is 85.3 Å². The number of carbonyl (C=O) groups excluding carboxylic acids is 1. The Hall–Kier alpha value is -0.770. The van der Waals surface area contributed by atoms with Gasteiger partial charge in [-0.3, -0.25) is 0 Å². The molecule has 4 unspecified atom stereocenters. The van der Waals surface area contributed by atoms with Gasteiger partial charge in [-0.05, 0) is 83.2 Å². The Morgan fingerprint density at radius 2 is 1.96 bits per heavy atom. The zero-order valence-corrected chi connectivity index (χ0v) is 17.3. The number of amides is 1. The number of nitrogens with zero attached hydrogens (tertiary/aromatic N) is 1. The highest BCUT2D eigenvalue weighted by atomic mass is 16.6. The van der Waals surface area contributed by atoms with Crippen molar-refractivity contribution in [2.24, 2.45) is 23.7 Å². The van der Waals surface area contributed by atoms with E-state index in [2.05, 4.69) is 31.0 Å². The Morgan fingerprint density at radius 1 is 1.24 bits per heavy atom. The SMILES string of the molecule is CCC(C1CCCC2CNCCC21)N(CC(C)C)C(=O)OC(C)(C)C. The molecule has 1 N–H and O–H groups in total. The summed E-state index contributed by atoms with van der Waals surface area (Å²) in [5.41, 5.74) is -0.436. The average Bonchev–Trinajstić information content (AvgIpc) is 2.53. The van der Waals surface area contributed by atoms with Crippen LogP contribution in [0.25, 0.3) is 0 Å². The van der Waals surface area contributed by atoms with Crippen LogP contribution in [0.5, 0.6) is 0 Å². The van der Waals surface area contributed by atoms with E-state index < -0.39 is 5.60 Å². The second-order valence-electron chi connectivity index (χ2n) is 9.51. The monoisotopic (exact) mass is 352 g/mol. The molecule has 4 heteroatoms. The Kier molecular flexibility index (Phi) is 7.19. The van der Waals surface area contributed by atoms with Crippen LogP contribution >= 0.6 is 0 Å². The molecule has 0 bridgehead atoms. The molecule has 1 amide bonds. The minimum Gasteiger partial charge on any atom is -0.444 e. The molecule has 1 heterocycles. The van der Waals surface area contributed by atoms with Crippen LogP contribution in [0.3, 0.4) is 0 Å². The van der Waals surface area contributed by atoms with E-state index in [1.54, 1.807) is 0 Å². The maximum Gasteiger partial charge on any atom is 0.410 e. The number of nitrogens with one attached hydrogen (secondary N) is 1. The summed E-state index contributed by atoms with van der Waals surface area (Å²) in [7, 11) is 0. The van der Waals surface area contributed by atoms with Gasteiger partial charge in [0, 0.05) is 12.6 Å². The fraction of sp³-hybridized carbons (Fsp3) is 0.952. The second-order valence-corrected chi connectivity index (χ2v) is 9.51. The molecular formula is C21H40N2O2. The third-order valence-electron chi connectivity index (χ3n) is 5.83. The van der Waals surface area contributed by atoms with Gasteiger partial charge in [-0.25, -0.2) is 4.79 Å². The fourth-order valence-electron chi connectivity index (χ4n) is 4.94. The molecule has 2 aliphatic rings.